The number of hydrogen-bond donors (Lipinski definition) is 1. The molecule has 1 spiro atoms. The molecule has 3 rings (SSSR count). The van der Waals surface area contributed by atoms with Crippen molar-refractivity contribution in [2.24, 2.45) is 5.92 Å². The van der Waals surface area contributed by atoms with Gasteiger partial charge in [0.25, 0.3) is 0 Å². The summed E-state index contributed by atoms with van der Waals surface area (Å²) in [7, 11) is 0. The first kappa shape index (κ1) is 14.3. The van der Waals surface area contributed by atoms with Crippen LogP contribution in [0.1, 0.15) is 50.8 Å². The van der Waals surface area contributed by atoms with Gasteiger partial charge in [-0.3, -0.25) is 4.98 Å². The molecule has 0 aromatic carbocycles. The van der Waals surface area contributed by atoms with Gasteiger partial charge in [-0.25, -0.2) is 0 Å². The van der Waals surface area contributed by atoms with Gasteiger partial charge < -0.3 is 10.1 Å². The lowest BCUT2D eigenvalue weighted by molar-refractivity contribution is -0.147. The van der Waals surface area contributed by atoms with Gasteiger partial charge >= 0.3 is 0 Å². The summed E-state index contributed by atoms with van der Waals surface area (Å²) in [5.41, 5.74) is 1.29. The van der Waals surface area contributed by atoms with E-state index in [4.69, 9.17) is 16.3 Å². The molecule has 1 saturated heterocycles. The zero-order valence-electron chi connectivity index (χ0n) is 12.1. The summed E-state index contributed by atoms with van der Waals surface area (Å²) in [4.78, 5) is 4.53. The zero-order chi connectivity index (χ0) is 14.0. The highest BCUT2D eigenvalue weighted by Crippen LogP contribution is 2.47. The number of halogens is 1. The minimum absolute atomic E-state index is 0.184. The van der Waals surface area contributed by atoms with Gasteiger partial charge in [0.2, 0.25) is 0 Å². The SMILES string of the molecule is CCNC(c1ccc(Cl)cn1)C1CCOC2(CCC2)C1. The maximum Gasteiger partial charge on any atom is 0.0686 e. The van der Waals surface area contributed by atoms with Crippen molar-refractivity contribution in [2.45, 2.75) is 50.7 Å². The third-order valence-corrected chi connectivity index (χ3v) is 4.98. The second-order valence-corrected chi connectivity index (χ2v) is 6.51. The third kappa shape index (κ3) is 2.85. The predicted octanol–water partition coefficient (Wildman–Crippen LogP) is 3.73. The molecule has 2 fully saturated rings. The van der Waals surface area contributed by atoms with Gasteiger partial charge in [-0.05, 0) is 56.7 Å². The molecular formula is C16H23ClN2O. The Kier molecular flexibility index (Phi) is 4.29. The molecule has 0 radical (unpaired) electrons. The molecule has 2 unspecified atom stereocenters. The first-order valence-electron chi connectivity index (χ1n) is 7.71. The van der Waals surface area contributed by atoms with E-state index in [1.54, 1.807) is 6.20 Å². The molecule has 1 aromatic rings. The Morgan fingerprint density at radius 2 is 2.35 bits per heavy atom. The van der Waals surface area contributed by atoms with Crippen LogP contribution >= 0.6 is 11.6 Å². The molecule has 2 heterocycles. The molecule has 0 bridgehead atoms. The Morgan fingerprint density at radius 1 is 1.50 bits per heavy atom. The lowest BCUT2D eigenvalue weighted by Gasteiger charge is -2.48. The molecule has 4 heteroatoms. The van der Waals surface area contributed by atoms with Crippen molar-refractivity contribution >= 4 is 11.6 Å². The smallest absolute Gasteiger partial charge is 0.0686 e. The quantitative estimate of drug-likeness (QED) is 0.918. The number of rotatable bonds is 4. The second kappa shape index (κ2) is 6.00. The topological polar surface area (TPSA) is 34.2 Å². The van der Waals surface area contributed by atoms with Gasteiger partial charge in [-0.2, -0.15) is 0 Å². The Bertz CT molecular complexity index is 444. The first-order chi connectivity index (χ1) is 9.72. The lowest BCUT2D eigenvalue weighted by atomic mass is 9.70. The molecule has 2 atom stereocenters. The number of pyridine rings is 1. The molecule has 0 amide bonds. The summed E-state index contributed by atoms with van der Waals surface area (Å²) in [6.45, 7) is 4.00. The van der Waals surface area contributed by atoms with Crippen LogP contribution in [0.4, 0.5) is 0 Å². The van der Waals surface area contributed by atoms with Crippen molar-refractivity contribution in [1.82, 2.24) is 10.3 Å². The van der Waals surface area contributed by atoms with Crippen LogP contribution in [0, 0.1) is 5.92 Å². The molecule has 1 aromatic heterocycles. The summed E-state index contributed by atoms with van der Waals surface area (Å²) < 4.78 is 6.05. The summed E-state index contributed by atoms with van der Waals surface area (Å²) in [6.07, 6.45) is 7.81. The van der Waals surface area contributed by atoms with Gasteiger partial charge in [-0.15, -0.1) is 0 Å². The summed E-state index contributed by atoms with van der Waals surface area (Å²) in [6, 6.07) is 4.31. The predicted molar refractivity (Wildman–Crippen MR) is 80.9 cm³/mol. The number of nitrogens with zero attached hydrogens (tertiary/aromatic N) is 1. The fourth-order valence-electron chi connectivity index (χ4n) is 3.57. The average molecular weight is 295 g/mol. The number of nitrogens with one attached hydrogen (secondary N) is 1. The molecule has 3 nitrogen and oxygen atoms in total. The van der Waals surface area contributed by atoms with Crippen LogP contribution in [0.15, 0.2) is 18.3 Å². The monoisotopic (exact) mass is 294 g/mol. The van der Waals surface area contributed by atoms with Crippen molar-refractivity contribution in [1.29, 1.82) is 0 Å². The maximum atomic E-state index is 6.05. The standard InChI is InChI=1S/C16H23ClN2O/c1-2-18-15(14-5-4-13(17)11-19-14)12-6-9-20-16(10-12)7-3-8-16/h4-5,11-12,15,18H,2-3,6-10H2,1H3. The molecule has 20 heavy (non-hydrogen) atoms. The normalized spacial score (nSPS) is 26.2. The maximum absolute atomic E-state index is 6.05. The van der Waals surface area contributed by atoms with Crippen molar-refractivity contribution in [3.05, 3.63) is 29.0 Å². The highest BCUT2D eigenvalue weighted by atomic mass is 35.5. The Balaban J connectivity index is 1.77. The van der Waals surface area contributed by atoms with Crippen LogP contribution in [0.25, 0.3) is 0 Å². The van der Waals surface area contributed by atoms with Crippen LogP contribution in [-0.4, -0.2) is 23.7 Å². The Labute approximate surface area is 126 Å². The van der Waals surface area contributed by atoms with Gasteiger partial charge in [-0.1, -0.05) is 18.5 Å². The van der Waals surface area contributed by atoms with E-state index in [0.717, 1.165) is 31.7 Å². The van der Waals surface area contributed by atoms with Crippen molar-refractivity contribution in [3.63, 3.8) is 0 Å². The highest BCUT2D eigenvalue weighted by Gasteiger charge is 2.44. The molecule has 1 N–H and O–H groups in total. The highest BCUT2D eigenvalue weighted by molar-refractivity contribution is 6.30. The van der Waals surface area contributed by atoms with Crippen LogP contribution in [0.5, 0.6) is 0 Å². The zero-order valence-corrected chi connectivity index (χ0v) is 12.8. The van der Waals surface area contributed by atoms with E-state index in [2.05, 4.69) is 23.3 Å². The number of hydrogen-bond acceptors (Lipinski definition) is 3. The summed E-state index contributed by atoms with van der Waals surface area (Å²) in [5.74, 6) is 0.609. The molecule has 1 saturated carbocycles. The lowest BCUT2D eigenvalue weighted by Crippen LogP contribution is -2.48. The van der Waals surface area contributed by atoms with Gasteiger partial charge in [0.15, 0.2) is 0 Å². The van der Waals surface area contributed by atoms with Gasteiger partial charge in [0, 0.05) is 12.8 Å². The first-order valence-corrected chi connectivity index (χ1v) is 8.09. The molecule has 2 aliphatic rings. The molecular weight excluding hydrogens is 272 g/mol. The van der Waals surface area contributed by atoms with E-state index >= 15 is 0 Å². The summed E-state index contributed by atoms with van der Waals surface area (Å²) in [5, 5.41) is 4.31. The average Bonchev–Trinajstić information content (AvgIpc) is 2.44. The Morgan fingerprint density at radius 3 is 2.95 bits per heavy atom. The van der Waals surface area contributed by atoms with Crippen LogP contribution in [0.3, 0.4) is 0 Å². The van der Waals surface area contributed by atoms with E-state index in [0.29, 0.717) is 17.0 Å². The summed E-state index contributed by atoms with van der Waals surface area (Å²) >= 11 is 5.95. The minimum atomic E-state index is 0.184. The van der Waals surface area contributed by atoms with E-state index in [1.807, 2.05) is 6.07 Å². The molecule has 1 aliphatic carbocycles. The number of aromatic nitrogens is 1. The number of ether oxygens (including phenoxy) is 1. The Hall–Kier alpha value is -0.640. The molecule has 1 aliphatic heterocycles. The van der Waals surface area contributed by atoms with Crippen LogP contribution < -0.4 is 5.32 Å². The largest absolute Gasteiger partial charge is 0.375 e. The van der Waals surface area contributed by atoms with Crippen LogP contribution in [0.2, 0.25) is 5.02 Å². The second-order valence-electron chi connectivity index (χ2n) is 6.07. The van der Waals surface area contributed by atoms with E-state index in [9.17, 15) is 0 Å². The van der Waals surface area contributed by atoms with Gasteiger partial charge in [0.05, 0.1) is 22.4 Å². The van der Waals surface area contributed by atoms with Crippen molar-refractivity contribution < 1.29 is 4.74 Å². The fourth-order valence-corrected chi connectivity index (χ4v) is 3.69. The van der Waals surface area contributed by atoms with E-state index in [1.165, 1.54) is 19.3 Å². The van der Waals surface area contributed by atoms with E-state index < -0.39 is 0 Å². The van der Waals surface area contributed by atoms with Gasteiger partial charge in [0.1, 0.15) is 0 Å². The van der Waals surface area contributed by atoms with Crippen molar-refractivity contribution in [3.8, 4) is 0 Å². The minimum Gasteiger partial charge on any atom is -0.375 e. The fraction of sp³-hybridized carbons (Fsp3) is 0.688. The van der Waals surface area contributed by atoms with Crippen molar-refractivity contribution in [2.75, 3.05) is 13.2 Å². The third-order valence-electron chi connectivity index (χ3n) is 4.76. The van der Waals surface area contributed by atoms with Crippen LogP contribution in [-0.2, 0) is 4.74 Å². The molecule has 110 valence electrons. The van der Waals surface area contributed by atoms with E-state index in [-0.39, 0.29) is 5.60 Å².